The molecule has 26 heavy (non-hydrogen) atoms. The normalized spacial score (nSPS) is 15.4. The minimum Gasteiger partial charge on any atom is -0.444 e. The lowest BCUT2D eigenvalue weighted by Gasteiger charge is -2.32. The molecule has 0 aromatic carbocycles. The van der Waals surface area contributed by atoms with Crippen LogP contribution in [-0.4, -0.2) is 52.9 Å². The van der Waals surface area contributed by atoms with Gasteiger partial charge < -0.3 is 15.0 Å². The summed E-state index contributed by atoms with van der Waals surface area (Å²) in [5.74, 6) is -0.352. The number of aromatic nitrogens is 1. The van der Waals surface area contributed by atoms with Crippen LogP contribution in [0.1, 0.15) is 39.3 Å². The van der Waals surface area contributed by atoms with Crippen molar-refractivity contribution in [1.82, 2.24) is 15.2 Å². The molecule has 0 spiro atoms. The Balaban J connectivity index is 1.71. The van der Waals surface area contributed by atoms with E-state index in [1.165, 1.54) is 0 Å². The number of hydrogen-bond donors (Lipinski definition) is 1. The van der Waals surface area contributed by atoms with Crippen molar-refractivity contribution >= 4 is 17.8 Å². The molecule has 7 nitrogen and oxygen atoms in total. The maximum absolute atomic E-state index is 12.3. The Morgan fingerprint density at radius 1 is 1.23 bits per heavy atom. The third kappa shape index (κ3) is 6.46. The fourth-order valence-corrected chi connectivity index (χ4v) is 2.77. The first-order valence-electron chi connectivity index (χ1n) is 8.92. The third-order valence-corrected chi connectivity index (χ3v) is 4.13. The van der Waals surface area contributed by atoms with Gasteiger partial charge in [0.05, 0.1) is 13.0 Å². The number of ketones is 1. The number of rotatable bonds is 5. The Morgan fingerprint density at radius 2 is 1.92 bits per heavy atom. The van der Waals surface area contributed by atoms with E-state index in [0.717, 1.165) is 0 Å². The molecule has 1 aliphatic heterocycles. The van der Waals surface area contributed by atoms with Gasteiger partial charge in [-0.15, -0.1) is 0 Å². The van der Waals surface area contributed by atoms with Crippen molar-refractivity contribution in [3.8, 4) is 0 Å². The molecule has 0 saturated carbocycles. The molecule has 7 heteroatoms. The van der Waals surface area contributed by atoms with Gasteiger partial charge in [0.2, 0.25) is 5.91 Å². The molecule has 1 aliphatic rings. The van der Waals surface area contributed by atoms with Crippen LogP contribution in [0.2, 0.25) is 0 Å². The number of Topliss-reactive ketones (excluding diaryl/α,β-unsaturated/α-hetero) is 1. The van der Waals surface area contributed by atoms with Gasteiger partial charge in [-0.05, 0) is 45.7 Å². The molecule has 0 bridgehead atoms. The second-order valence-electron chi connectivity index (χ2n) is 7.48. The summed E-state index contributed by atoms with van der Waals surface area (Å²) in [6.45, 7) is 6.49. The van der Waals surface area contributed by atoms with E-state index in [-0.39, 0.29) is 36.7 Å². The number of likely N-dealkylation sites (tertiary alicyclic amines) is 1. The van der Waals surface area contributed by atoms with E-state index in [1.807, 2.05) is 26.8 Å². The smallest absolute Gasteiger partial charge is 0.410 e. The van der Waals surface area contributed by atoms with Crippen LogP contribution in [0, 0.1) is 5.92 Å². The average molecular weight is 361 g/mol. The molecule has 1 N–H and O–H groups in total. The number of nitrogens with one attached hydrogen (secondary N) is 1. The number of pyridine rings is 1. The van der Waals surface area contributed by atoms with Crippen LogP contribution in [0.4, 0.5) is 4.79 Å². The van der Waals surface area contributed by atoms with Gasteiger partial charge in [-0.25, -0.2) is 4.79 Å². The van der Waals surface area contributed by atoms with Gasteiger partial charge in [-0.1, -0.05) is 6.07 Å². The molecule has 0 unspecified atom stereocenters. The van der Waals surface area contributed by atoms with Gasteiger partial charge in [0.25, 0.3) is 0 Å². The van der Waals surface area contributed by atoms with Crippen LogP contribution >= 0.6 is 0 Å². The fourth-order valence-electron chi connectivity index (χ4n) is 2.77. The molecular formula is C19H27N3O4. The predicted molar refractivity (Wildman–Crippen MR) is 96.5 cm³/mol. The molecule has 2 rings (SSSR count). The van der Waals surface area contributed by atoms with Gasteiger partial charge in [-0.3, -0.25) is 14.6 Å². The van der Waals surface area contributed by atoms with Crippen molar-refractivity contribution in [2.45, 2.75) is 45.6 Å². The molecular weight excluding hydrogens is 334 g/mol. The van der Waals surface area contributed by atoms with Crippen LogP contribution < -0.4 is 5.32 Å². The number of amides is 2. The summed E-state index contributed by atoms with van der Waals surface area (Å²) in [6.07, 6.45) is 2.63. The van der Waals surface area contributed by atoms with E-state index in [9.17, 15) is 14.4 Å². The zero-order valence-electron chi connectivity index (χ0n) is 15.7. The largest absolute Gasteiger partial charge is 0.444 e. The molecule has 2 amide bonds. The van der Waals surface area contributed by atoms with Crippen LogP contribution in [0.3, 0.4) is 0 Å². The molecule has 1 fully saturated rings. The average Bonchev–Trinajstić information content (AvgIpc) is 2.59. The molecule has 0 radical (unpaired) electrons. The molecule has 0 atom stereocenters. The lowest BCUT2D eigenvalue weighted by Crippen LogP contribution is -2.44. The predicted octanol–water partition coefficient (Wildman–Crippen LogP) is 1.96. The lowest BCUT2D eigenvalue weighted by atomic mass is 9.92. The number of ether oxygens (including phenoxy) is 1. The highest BCUT2D eigenvalue weighted by Gasteiger charge is 2.29. The Hall–Kier alpha value is -2.44. The minimum absolute atomic E-state index is 0.00297. The van der Waals surface area contributed by atoms with Crippen molar-refractivity contribution in [1.29, 1.82) is 0 Å². The minimum atomic E-state index is -0.526. The van der Waals surface area contributed by atoms with Crippen molar-refractivity contribution in [3.05, 3.63) is 30.1 Å². The third-order valence-electron chi connectivity index (χ3n) is 4.13. The van der Waals surface area contributed by atoms with E-state index >= 15 is 0 Å². The number of carbonyl (C=O) groups excluding carboxylic acids is 3. The second kappa shape index (κ2) is 8.78. The first-order chi connectivity index (χ1) is 12.2. The Labute approximate surface area is 154 Å². The summed E-state index contributed by atoms with van der Waals surface area (Å²) in [6, 6.07) is 5.38. The van der Waals surface area contributed by atoms with Crippen molar-refractivity contribution < 1.29 is 19.1 Å². The first-order valence-corrected chi connectivity index (χ1v) is 8.92. The number of piperidine rings is 1. The summed E-state index contributed by atoms with van der Waals surface area (Å²) >= 11 is 0. The summed E-state index contributed by atoms with van der Waals surface area (Å²) in [7, 11) is 0. The SMILES string of the molecule is CC(C)(C)OC(=O)N1CCC(C(=O)CNC(=O)Cc2ccccn2)CC1. The highest BCUT2D eigenvalue weighted by molar-refractivity contribution is 5.88. The van der Waals surface area contributed by atoms with Gasteiger partial charge in [-0.2, -0.15) is 0 Å². The maximum atomic E-state index is 12.3. The summed E-state index contributed by atoms with van der Waals surface area (Å²) in [4.78, 5) is 42.0. The Bertz CT molecular complexity index is 632. The van der Waals surface area contributed by atoms with Crippen LogP contribution in [0.5, 0.6) is 0 Å². The van der Waals surface area contributed by atoms with Gasteiger partial charge in [0.15, 0.2) is 5.78 Å². The molecule has 1 aromatic heterocycles. The highest BCUT2D eigenvalue weighted by Crippen LogP contribution is 2.20. The Morgan fingerprint density at radius 3 is 2.50 bits per heavy atom. The van der Waals surface area contributed by atoms with Gasteiger partial charge in [0, 0.05) is 30.9 Å². The fraction of sp³-hybridized carbons (Fsp3) is 0.579. The molecule has 2 heterocycles. The van der Waals surface area contributed by atoms with Crippen molar-refractivity contribution in [2.24, 2.45) is 5.92 Å². The topological polar surface area (TPSA) is 88.6 Å². The summed E-state index contributed by atoms with van der Waals surface area (Å²) < 4.78 is 5.35. The van der Waals surface area contributed by atoms with Gasteiger partial charge in [0.1, 0.15) is 5.60 Å². The Kier molecular flexibility index (Phi) is 6.71. The highest BCUT2D eigenvalue weighted by atomic mass is 16.6. The molecule has 1 aromatic rings. The van der Waals surface area contributed by atoms with E-state index in [2.05, 4.69) is 10.3 Å². The summed E-state index contributed by atoms with van der Waals surface area (Å²) in [5, 5.41) is 2.66. The van der Waals surface area contributed by atoms with Crippen LogP contribution in [0.15, 0.2) is 24.4 Å². The van der Waals surface area contributed by atoms with Crippen molar-refractivity contribution in [3.63, 3.8) is 0 Å². The van der Waals surface area contributed by atoms with E-state index < -0.39 is 5.60 Å². The second-order valence-corrected chi connectivity index (χ2v) is 7.48. The van der Waals surface area contributed by atoms with Gasteiger partial charge >= 0.3 is 6.09 Å². The van der Waals surface area contributed by atoms with Crippen molar-refractivity contribution in [2.75, 3.05) is 19.6 Å². The van der Waals surface area contributed by atoms with Crippen LogP contribution in [-0.2, 0) is 20.7 Å². The maximum Gasteiger partial charge on any atom is 0.410 e. The molecule has 142 valence electrons. The van der Waals surface area contributed by atoms with E-state index in [0.29, 0.717) is 31.6 Å². The number of hydrogen-bond acceptors (Lipinski definition) is 5. The monoisotopic (exact) mass is 361 g/mol. The molecule has 1 saturated heterocycles. The summed E-state index contributed by atoms with van der Waals surface area (Å²) in [5.41, 5.74) is 0.143. The standard InChI is InChI=1S/C19H27N3O4/c1-19(2,3)26-18(25)22-10-7-14(8-11-22)16(23)13-21-17(24)12-15-6-4-5-9-20-15/h4-6,9,14H,7-8,10-13H2,1-3H3,(H,21,24). The quantitative estimate of drug-likeness (QED) is 0.866. The van der Waals surface area contributed by atoms with E-state index in [4.69, 9.17) is 4.74 Å². The molecule has 0 aliphatic carbocycles. The van der Waals surface area contributed by atoms with Crippen LogP contribution in [0.25, 0.3) is 0 Å². The number of carbonyl (C=O) groups is 3. The first kappa shape index (κ1) is 19.9. The number of nitrogens with zero attached hydrogens (tertiary/aromatic N) is 2. The zero-order chi connectivity index (χ0) is 19.2. The zero-order valence-corrected chi connectivity index (χ0v) is 15.7. The van der Waals surface area contributed by atoms with E-state index in [1.54, 1.807) is 23.2 Å². The lowest BCUT2D eigenvalue weighted by molar-refractivity contribution is -0.127.